The number of hydrogen-bond acceptors (Lipinski definition) is 4. The number of para-hydroxylation sites is 1. The van der Waals surface area contributed by atoms with Crippen LogP contribution in [0.1, 0.15) is 24.0 Å². The number of carbonyl (C=O) groups excluding carboxylic acids is 2. The van der Waals surface area contributed by atoms with Gasteiger partial charge in [-0.3, -0.25) is 10.1 Å². The molecule has 1 spiro atoms. The van der Waals surface area contributed by atoms with Gasteiger partial charge in [0, 0.05) is 35.4 Å². The molecule has 12 heteroatoms. The van der Waals surface area contributed by atoms with E-state index in [4.69, 9.17) is 23.2 Å². The maximum absolute atomic E-state index is 13.2. The SMILES string of the molecule is O=C(NCCc1ccc(Cl)cc1Cl)[C@H]1CSC2(CCN(C(=O)Nc3ccccc3C(F)(F)F)CC2)N1. The molecule has 2 aliphatic heterocycles. The molecule has 3 amide bonds. The van der Waals surface area contributed by atoms with Crippen molar-refractivity contribution in [3.63, 3.8) is 0 Å². The minimum atomic E-state index is -4.56. The van der Waals surface area contributed by atoms with Gasteiger partial charge in [-0.2, -0.15) is 13.2 Å². The van der Waals surface area contributed by atoms with Crippen molar-refractivity contribution in [2.75, 3.05) is 30.7 Å². The molecule has 1 atom stereocenters. The first-order valence-electron chi connectivity index (χ1n) is 11.4. The van der Waals surface area contributed by atoms with Crippen LogP contribution in [0.25, 0.3) is 0 Å². The Morgan fingerprint density at radius 3 is 2.56 bits per heavy atom. The summed E-state index contributed by atoms with van der Waals surface area (Å²) in [5, 5.41) is 9.86. The molecule has 0 aromatic heterocycles. The molecule has 2 saturated heterocycles. The predicted octanol–water partition coefficient (Wildman–Crippen LogP) is 5.40. The predicted molar refractivity (Wildman–Crippen MR) is 137 cm³/mol. The average Bonchev–Trinajstić information content (AvgIpc) is 3.24. The third-order valence-electron chi connectivity index (χ3n) is 6.32. The van der Waals surface area contributed by atoms with Crippen molar-refractivity contribution in [2.24, 2.45) is 0 Å². The molecule has 0 radical (unpaired) electrons. The van der Waals surface area contributed by atoms with E-state index in [2.05, 4.69) is 16.0 Å². The largest absolute Gasteiger partial charge is 0.418 e. The molecule has 194 valence electrons. The van der Waals surface area contributed by atoms with Crippen LogP contribution < -0.4 is 16.0 Å². The number of likely N-dealkylation sites (tertiary alicyclic amines) is 1. The van der Waals surface area contributed by atoms with E-state index in [1.807, 2.05) is 6.07 Å². The molecule has 2 aromatic carbocycles. The summed E-state index contributed by atoms with van der Waals surface area (Å²) in [6.07, 6.45) is -2.82. The van der Waals surface area contributed by atoms with Crippen LogP contribution in [0.4, 0.5) is 23.7 Å². The van der Waals surface area contributed by atoms with E-state index >= 15 is 0 Å². The van der Waals surface area contributed by atoms with Crippen molar-refractivity contribution in [3.8, 4) is 0 Å². The van der Waals surface area contributed by atoms with Gasteiger partial charge >= 0.3 is 12.2 Å². The topological polar surface area (TPSA) is 73.5 Å². The van der Waals surface area contributed by atoms with Crippen molar-refractivity contribution in [2.45, 2.75) is 36.4 Å². The smallest absolute Gasteiger partial charge is 0.354 e. The lowest BCUT2D eigenvalue weighted by atomic mass is 10.0. The zero-order chi connectivity index (χ0) is 25.9. The van der Waals surface area contributed by atoms with E-state index in [9.17, 15) is 22.8 Å². The second-order valence-corrected chi connectivity index (χ2v) is 11.0. The lowest BCUT2D eigenvalue weighted by Gasteiger charge is -2.39. The molecule has 4 rings (SSSR count). The lowest BCUT2D eigenvalue weighted by Crippen LogP contribution is -2.55. The third-order valence-corrected chi connectivity index (χ3v) is 8.49. The Labute approximate surface area is 221 Å². The number of benzene rings is 2. The fourth-order valence-electron chi connectivity index (χ4n) is 4.35. The van der Waals surface area contributed by atoms with E-state index in [0.717, 1.165) is 11.6 Å². The molecule has 36 heavy (non-hydrogen) atoms. The molecule has 0 aliphatic carbocycles. The number of rotatable bonds is 5. The molecular weight excluding hydrogens is 536 g/mol. The zero-order valence-electron chi connectivity index (χ0n) is 19.1. The normalized spacial score (nSPS) is 19.4. The second kappa shape index (κ2) is 11.1. The average molecular weight is 561 g/mol. The molecular formula is C24H25Cl2F3N4O2S. The quantitative estimate of drug-likeness (QED) is 0.457. The minimum absolute atomic E-state index is 0.103. The zero-order valence-corrected chi connectivity index (χ0v) is 21.5. The number of anilines is 1. The van der Waals surface area contributed by atoms with Crippen LogP contribution in [0.3, 0.4) is 0 Å². The van der Waals surface area contributed by atoms with Gasteiger partial charge in [-0.15, -0.1) is 11.8 Å². The number of amides is 3. The van der Waals surface area contributed by atoms with E-state index in [1.54, 1.807) is 23.9 Å². The Morgan fingerprint density at radius 1 is 1.14 bits per heavy atom. The summed E-state index contributed by atoms with van der Waals surface area (Å²) in [5.41, 5.74) is -0.248. The van der Waals surface area contributed by atoms with Gasteiger partial charge < -0.3 is 15.5 Å². The van der Waals surface area contributed by atoms with Gasteiger partial charge in [-0.25, -0.2) is 4.79 Å². The first kappa shape index (κ1) is 26.9. The van der Waals surface area contributed by atoms with Gasteiger partial charge in [0.15, 0.2) is 0 Å². The van der Waals surface area contributed by atoms with E-state index < -0.39 is 17.8 Å². The molecule has 0 saturated carbocycles. The molecule has 2 aliphatic rings. The number of nitrogens with one attached hydrogen (secondary N) is 3. The van der Waals surface area contributed by atoms with Crippen LogP contribution in [-0.4, -0.2) is 53.1 Å². The highest BCUT2D eigenvalue weighted by Crippen LogP contribution is 2.40. The number of thioether (sulfide) groups is 1. The van der Waals surface area contributed by atoms with Gasteiger partial charge in [0.2, 0.25) is 5.91 Å². The second-order valence-electron chi connectivity index (χ2n) is 8.74. The molecule has 0 bridgehead atoms. The summed E-state index contributed by atoms with van der Waals surface area (Å²) in [7, 11) is 0. The van der Waals surface area contributed by atoms with Gasteiger partial charge in [-0.1, -0.05) is 41.4 Å². The number of halogens is 5. The van der Waals surface area contributed by atoms with Crippen molar-refractivity contribution in [3.05, 3.63) is 63.6 Å². The fourth-order valence-corrected chi connectivity index (χ4v) is 6.27. The van der Waals surface area contributed by atoms with Gasteiger partial charge in [0.05, 0.1) is 22.2 Å². The number of alkyl halides is 3. The van der Waals surface area contributed by atoms with E-state index in [0.29, 0.717) is 54.7 Å². The van der Waals surface area contributed by atoms with Crippen LogP contribution in [0.5, 0.6) is 0 Å². The van der Waals surface area contributed by atoms with Crippen molar-refractivity contribution >= 4 is 52.6 Å². The van der Waals surface area contributed by atoms with Crippen LogP contribution in [0.15, 0.2) is 42.5 Å². The summed E-state index contributed by atoms with van der Waals surface area (Å²) >= 11 is 13.7. The number of nitrogens with zero attached hydrogens (tertiary/aromatic N) is 1. The van der Waals surface area contributed by atoms with Gasteiger partial charge in [0.1, 0.15) is 0 Å². The monoisotopic (exact) mass is 560 g/mol. The highest BCUT2D eigenvalue weighted by molar-refractivity contribution is 8.01. The van der Waals surface area contributed by atoms with Crippen molar-refractivity contribution in [1.29, 1.82) is 0 Å². The summed E-state index contributed by atoms with van der Waals surface area (Å²) in [4.78, 5) is 26.5. The molecule has 2 heterocycles. The highest BCUT2D eigenvalue weighted by Gasteiger charge is 2.44. The Bertz CT molecular complexity index is 1130. The van der Waals surface area contributed by atoms with Crippen LogP contribution in [0.2, 0.25) is 10.0 Å². The molecule has 2 aromatic rings. The summed E-state index contributed by atoms with van der Waals surface area (Å²) < 4.78 is 39.7. The van der Waals surface area contributed by atoms with E-state index in [-0.39, 0.29) is 22.5 Å². The Hall–Kier alpha value is -2.14. The maximum atomic E-state index is 13.2. The number of urea groups is 1. The van der Waals surface area contributed by atoms with Crippen molar-refractivity contribution in [1.82, 2.24) is 15.5 Å². The Balaban J connectivity index is 1.25. The first-order valence-corrected chi connectivity index (χ1v) is 13.2. The minimum Gasteiger partial charge on any atom is -0.354 e. The molecule has 3 N–H and O–H groups in total. The van der Waals surface area contributed by atoms with Crippen molar-refractivity contribution < 1.29 is 22.8 Å². The number of carbonyl (C=O) groups is 2. The molecule has 0 unspecified atom stereocenters. The maximum Gasteiger partial charge on any atom is 0.418 e. The summed E-state index contributed by atoms with van der Waals surface area (Å²) in [5.74, 6) is 0.493. The third kappa shape index (κ3) is 6.40. The Morgan fingerprint density at radius 2 is 1.86 bits per heavy atom. The number of hydrogen-bond donors (Lipinski definition) is 3. The van der Waals surface area contributed by atoms with Crippen LogP contribution >= 0.6 is 35.0 Å². The standard InChI is InChI=1S/C24H25Cl2F3N4O2S/c25-16-6-5-15(18(26)13-16)7-10-30-21(34)20-14-36-23(32-20)8-11-33(12-9-23)22(35)31-19-4-2-1-3-17(19)24(27,28)29/h1-6,13,20,32H,7-12,14H2,(H,30,34)(H,31,35)/t20-/m1/s1. The number of piperidine rings is 1. The fraction of sp³-hybridized carbons (Fsp3) is 0.417. The summed E-state index contributed by atoms with van der Waals surface area (Å²) in [6, 6.07) is 9.23. The van der Waals surface area contributed by atoms with Gasteiger partial charge in [-0.05, 0) is 49.1 Å². The van der Waals surface area contributed by atoms with E-state index in [1.165, 1.54) is 23.1 Å². The molecule has 6 nitrogen and oxygen atoms in total. The van der Waals surface area contributed by atoms with Crippen LogP contribution in [0, 0.1) is 0 Å². The van der Waals surface area contributed by atoms with Crippen LogP contribution in [-0.2, 0) is 17.4 Å². The summed E-state index contributed by atoms with van der Waals surface area (Å²) in [6.45, 7) is 1.16. The molecule has 2 fully saturated rings. The highest BCUT2D eigenvalue weighted by atomic mass is 35.5. The first-order chi connectivity index (χ1) is 17.1. The lowest BCUT2D eigenvalue weighted by molar-refractivity contribution is -0.137. The Kier molecular flexibility index (Phi) is 8.28. The van der Waals surface area contributed by atoms with Gasteiger partial charge in [0.25, 0.3) is 0 Å².